The molecule has 3 fully saturated rings. The van der Waals surface area contributed by atoms with Gasteiger partial charge in [-0.1, -0.05) is 36.6 Å². The van der Waals surface area contributed by atoms with E-state index in [2.05, 4.69) is 27.7 Å². The molecular formula is C21H30ClN3O2. The molecule has 0 aromatic heterocycles. The van der Waals surface area contributed by atoms with Crippen molar-refractivity contribution in [3.63, 3.8) is 0 Å². The van der Waals surface area contributed by atoms with E-state index in [-0.39, 0.29) is 18.0 Å². The van der Waals surface area contributed by atoms with E-state index in [1.165, 1.54) is 31.2 Å². The molecule has 0 bridgehead atoms. The van der Waals surface area contributed by atoms with Crippen molar-refractivity contribution in [1.29, 1.82) is 0 Å². The molecule has 2 heterocycles. The van der Waals surface area contributed by atoms with Gasteiger partial charge in [-0.15, -0.1) is 0 Å². The van der Waals surface area contributed by atoms with Gasteiger partial charge in [-0.25, -0.2) is 0 Å². The second-order valence-electron chi connectivity index (χ2n) is 8.07. The van der Waals surface area contributed by atoms with Crippen LogP contribution in [0.4, 0.5) is 0 Å². The lowest BCUT2D eigenvalue weighted by Crippen LogP contribution is -2.47. The Hall–Kier alpha value is -1.14. The first-order valence-electron chi connectivity index (χ1n) is 10.3. The molecule has 2 aliphatic heterocycles. The SMILES string of the molecule is O=C(NCC(c1ccc(Cl)cc1)N1CCOCC1)C1CC2CCCCC2N1. The first kappa shape index (κ1) is 19.2. The summed E-state index contributed by atoms with van der Waals surface area (Å²) in [5.74, 6) is 0.831. The van der Waals surface area contributed by atoms with Gasteiger partial charge >= 0.3 is 0 Å². The normalized spacial score (nSPS) is 29.9. The highest BCUT2D eigenvalue weighted by Gasteiger charge is 2.38. The quantitative estimate of drug-likeness (QED) is 0.810. The minimum atomic E-state index is -0.0337. The molecule has 0 radical (unpaired) electrons. The maximum absolute atomic E-state index is 12.8. The van der Waals surface area contributed by atoms with Gasteiger partial charge in [-0.3, -0.25) is 9.69 Å². The van der Waals surface area contributed by atoms with Gasteiger partial charge in [0, 0.05) is 30.7 Å². The van der Waals surface area contributed by atoms with Crippen LogP contribution in [-0.4, -0.2) is 55.7 Å². The summed E-state index contributed by atoms with van der Waals surface area (Å²) in [6.45, 7) is 3.87. The Balaban J connectivity index is 1.39. The molecule has 4 unspecified atom stereocenters. The zero-order chi connectivity index (χ0) is 18.6. The Kier molecular flexibility index (Phi) is 6.33. The Labute approximate surface area is 166 Å². The van der Waals surface area contributed by atoms with Crippen molar-refractivity contribution in [3.8, 4) is 0 Å². The number of morpholine rings is 1. The van der Waals surface area contributed by atoms with Crippen LogP contribution in [-0.2, 0) is 9.53 Å². The average molecular weight is 392 g/mol. The molecule has 1 aromatic carbocycles. The van der Waals surface area contributed by atoms with E-state index in [1.54, 1.807) is 0 Å². The Morgan fingerprint density at radius 1 is 1.22 bits per heavy atom. The van der Waals surface area contributed by atoms with Crippen molar-refractivity contribution in [2.24, 2.45) is 5.92 Å². The summed E-state index contributed by atoms with van der Waals surface area (Å²) in [7, 11) is 0. The lowest BCUT2D eigenvalue weighted by atomic mass is 9.85. The van der Waals surface area contributed by atoms with E-state index >= 15 is 0 Å². The number of amides is 1. The number of nitrogens with zero attached hydrogens (tertiary/aromatic N) is 1. The highest BCUT2D eigenvalue weighted by atomic mass is 35.5. The number of carbonyl (C=O) groups is 1. The van der Waals surface area contributed by atoms with E-state index in [1.807, 2.05) is 12.1 Å². The minimum absolute atomic E-state index is 0.0337. The molecule has 0 spiro atoms. The molecule has 27 heavy (non-hydrogen) atoms. The van der Waals surface area contributed by atoms with Crippen LogP contribution in [0.5, 0.6) is 0 Å². The molecule has 1 amide bonds. The molecule has 2 N–H and O–H groups in total. The summed E-state index contributed by atoms with van der Waals surface area (Å²) in [6.07, 6.45) is 6.07. The average Bonchev–Trinajstić information content (AvgIpc) is 3.14. The predicted molar refractivity (Wildman–Crippen MR) is 107 cm³/mol. The third kappa shape index (κ3) is 4.65. The fraction of sp³-hybridized carbons (Fsp3) is 0.667. The lowest BCUT2D eigenvalue weighted by molar-refractivity contribution is -0.123. The minimum Gasteiger partial charge on any atom is -0.379 e. The molecule has 1 saturated carbocycles. The largest absolute Gasteiger partial charge is 0.379 e. The summed E-state index contributed by atoms with van der Waals surface area (Å²) in [4.78, 5) is 15.2. The summed E-state index contributed by atoms with van der Waals surface area (Å²) < 4.78 is 5.51. The fourth-order valence-corrected chi connectivity index (χ4v) is 5.00. The molecule has 4 atom stereocenters. The zero-order valence-corrected chi connectivity index (χ0v) is 16.6. The topological polar surface area (TPSA) is 53.6 Å². The number of carbonyl (C=O) groups excluding carboxylic acids is 1. The van der Waals surface area contributed by atoms with Gasteiger partial charge in [0.1, 0.15) is 0 Å². The van der Waals surface area contributed by atoms with Crippen LogP contribution in [0.1, 0.15) is 43.7 Å². The number of hydrogen-bond donors (Lipinski definition) is 2. The third-order valence-corrected chi connectivity index (χ3v) is 6.64. The monoisotopic (exact) mass is 391 g/mol. The standard InChI is InChI=1S/C21H30ClN3O2/c22-17-7-5-15(6-8-17)20(25-9-11-27-12-10-25)14-23-21(26)19-13-16-3-1-2-4-18(16)24-19/h5-8,16,18-20,24H,1-4,9-14H2,(H,23,26). The fourth-order valence-electron chi connectivity index (χ4n) is 4.87. The van der Waals surface area contributed by atoms with E-state index in [9.17, 15) is 4.79 Å². The molecule has 6 heteroatoms. The molecular weight excluding hydrogens is 362 g/mol. The van der Waals surface area contributed by atoms with Crippen molar-refractivity contribution >= 4 is 17.5 Å². The number of benzene rings is 1. The second-order valence-corrected chi connectivity index (χ2v) is 8.50. The van der Waals surface area contributed by atoms with E-state index in [4.69, 9.17) is 16.3 Å². The van der Waals surface area contributed by atoms with Crippen molar-refractivity contribution < 1.29 is 9.53 Å². The number of halogens is 1. The molecule has 2 saturated heterocycles. The molecule has 148 valence electrons. The predicted octanol–water partition coefficient (Wildman–Crippen LogP) is 2.75. The number of hydrogen-bond acceptors (Lipinski definition) is 4. The van der Waals surface area contributed by atoms with Gasteiger partial charge in [0.15, 0.2) is 0 Å². The maximum atomic E-state index is 12.8. The van der Waals surface area contributed by atoms with Gasteiger partial charge in [0.2, 0.25) is 5.91 Å². The van der Waals surface area contributed by atoms with Crippen LogP contribution in [0.2, 0.25) is 5.02 Å². The number of nitrogens with one attached hydrogen (secondary N) is 2. The summed E-state index contributed by atoms with van der Waals surface area (Å²) >= 11 is 6.06. The summed E-state index contributed by atoms with van der Waals surface area (Å²) in [5, 5.41) is 7.55. The second kappa shape index (κ2) is 8.91. The van der Waals surface area contributed by atoms with E-state index < -0.39 is 0 Å². The van der Waals surface area contributed by atoms with Crippen LogP contribution < -0.4 is 10.6 Å². The van der Waals surface area contributed by atoms with Crippen molar-refractivity contribution in [2.75, 3.05) is 32.8 Å². The summed E-state index contributed by atoms with van der Waals surface area (Å²) in [6, 6.07) is 8.65. The number of ether oxygens (including phenoxy) is 1. The first-order chi connectivity index (χ1) is 13.2. The van der Waals surface area contributed by atoms with Crippen LogP contribution in [0, 0.1) is 5.92 Å². The summed E-state index contributed by atoms with van der Waals surface area (Å²) in [5.41, 5.74) is 1.19. The third-order valence-electron chi connectivity index (χ3n) is 6.39. The van der Waals surface area contributed by atoms with Crippen molar-refractivity contribution in [3.05, 3.63) is 34.9 Å². The van der Waals surface area contributed by atoms with Crippen LogP contribution in [0.3, 0.4) is 0 Å². The van der Waals surface area contributed by atoms with Gasteiger partial charge < -0.3 is 15.4 Å². The van der Waals surface area contributed by atoms with Crippen molar-refractivity contribution in [1.82, 2.24) is 15.5 Å². The highest BCUT2D eigenvalue weighted by molar-refractivity contribution is 6.30. The van der Waals surface area contributed by atoms with Gasteiger partial charge in [0.05, 0.1) is 25.3 Å². The van der Waals surface area contributed by atoms with Crippen LogP contribution in [0.25, 0.3) is 0 Å². The van der Waals surface area contributed by atoms with Crippen molar-refractivity contribution in [2.45, 2.75) is 50.2 Å². The Morgan fingerprint density at radius 3 is 2.70 bits per heavy atom. The lowest BCUT2D eigenvalue weighted by Gasteiger charge is -2.35. The van der Waals surface area contributed by atoms with Gasteiger partial charge in [-0.05, 0) is 42.9 Å². The number of fused-ring (bicyclic) bond motifs is 1. The van der Waals surface area contributed by atoms with Gasteiger partial charge in [0.25, 0.3) is 0 Å². The van der Waals surface area contributed by atoms with Crippen LogP contribution in [0.15, 0.2) is 24.3 Å². The first-order valence-corrected chi connectivity index (χ1v) is 10.7. The maximum Gasteiger partial charge on any atom is 0.237 e. The molecule has 1 aromatic rings. The van der Waals surface area contributed by atoms with Gasteiger partial charge in [-0.2, -0.15) is 0 Å². The van der Waals surface area contributed by atoms with Crippen LogP contribution >= 0.6 is 11.6 Å². The smallest absolute Gasteiger partial charge is 0.237 e. The molecule has 1 aliphatic carbocycles. The Bertz CT molecular complexity index is 619. The van der Waals surface area contributed by atoms with E-state index in [0.717, 1.165) is 37.7 Å². The molecule has 4 rings (SSSR count). The van der Waals surface area contributed by atoms with E-state index in [0.29, 0.717) is 18.5 Å². The zero-order valence-electron chi connectivity index (χ0n) is 15.8. The molecule has 5 nitrogen and oxygen atoms in total. The highest BCUT2D eigenvalue weighted by Crippen LogP contribution is 2.33. The Morgan fingerprint density at radius 2 is 1.96 bits per heavy atom. The number of rotatable bonds is 5. The molecule has 3 aliphatic rings.